The van der Waals surface area contributed by atoms with Gasteiger partial charge < -0.3 is 4.90 Å². The van der Waals surface area contributed by atoms with Crippen molar-refractivity contribution in [1.29, 1.82) is 0 Å². The molecule has 1 heterocycles. The molecule has 0 bridgehead atoms. The number of thiazole rings is 1. The third-order valence-corrected chi connectivity index (χ3v) is 7.14. The number of anilines is 1. The third-order valence-electron chi connectivity index (χ3n) is 4.85. The number of halogens is 1. The Bertz CT molecular complexity index is 954. The molecule has 1 aromatic heterocycles. The lowest BCUT2D eigenvalue weighted by molar-refractivity contribution is -0.116. The summed E-state index contributed by atoms with van der Waals surface area (Å²) in [7, 11) is 0. The number of aromatic nitrogens is 1. The molecule has 0 spiro atoms. The highest BCUT2D eigenvalue weighted by atomic mass is 35.5. The Morgan fingerprint density at radius 1 is 1.10 bits per heavy atom. The van der Waals surface area contributed by atoms with E-state index in [9.17, 15) is 4.79 Å². The van der Waals surface area contributed by atoms with Gasteiger partial charge in [0, 0.05) is 23.0 Å². The molecule has 0 saturated heterocycles. The number of thioether (sulfide) groups is 1. The van der Waals surface area contributed by atoms with Crippen LogP contribution in [0.25, 0.3) is 10.2 Å². The first-order chi connectivity index (χ1) is 14.0. The van der Waals surface area contributed by atoms with E-state index in [1.807, 2.05) is 35.2 Å². The van der Waals surface area contributed by atoms with Crippen LogP contribution in [0, 0.1) is 6.92 Å². The minimum absolute atomic E-state index is 0.0776. The number of amides is 1. The summed E-state index contributed by atoms with van der Waals surface area (Å²) < 4.78 is 1.12. The number of benzene rings is 2. The number of nitrogens with zero attached hydrogens (tertiary/aromatic N) is 3. The predicted octanol–water partition coefficient (Wildman–Crippen LogP) is 5.73. The lowest BCUT2D eigenvalue weighted by Crippen LogP contribution is -2.39. The van der Waals surface area contributed by atoms with Crippen LogP contribution in [-0.2, 0) is 4.79 Å². The maximum absolute atomic E-state index is 13.2. The number of carbonyl (C=O) groups excluding carboxylic acids is 1. The summed E-state index contributed by atoms with van der Waals surface area (Å²) in [6, 6.07) is 13.8. The first kappa shape index (κ1) is 22.1. The number of para-hydroxylation sites is 1. The van der Waals surface area contributed by atoms with Crippen molar-refractivity contribution in [3.05, 3.63) is 53.1 Å². The topological polar surface area (TPSA) is 36.4 Å². The van der Waals surface area contributed by atoms with Gasteiger partial charge in [-0.25, -0.2) is 4.98 Å². The summed E-state index contributed by atoms with van der Waals surface area (Å²) in [5.41, 5.74) is 2.12. The van der Waals surface area contributed by atoms with Gasteiger partial charge in [0.25, 0.3) is 0 Å². The summed E-state index contributed by atoms with van der Waals surface area (Å²) >= 11 is 9.08. The fourth-order valence-corrected chi connectivity index (χ4v) is 5.04. The van der Waals surface area contributed by atoms with E-state index in [4.69, 9.17) is 16.6 Å². The van der Waals surface area contributed by atoms with Crippen LogP contribution in [-0.4, -0.2) is 47.7 Å². The van der Waals surface area contributed by atoms with E-state index in [2.05, 4.69) is 37.8 Å². The monoisotopic (exact) mass is 447 g/mol. The van der Waals surface area contributed by atoms with Crippen molar-refractivity contribution in [3.8, 4) is 0 Å². The zero-order chi connectivity index (χ0) is 20.8. The first-order valence-corrected chi connectivity index (χ1v) is 12.0. The fraction of sp³-hybridized carbons (Fsp3) is 0.364. The molecule has 3 aromatic rings. The van der Waals surface area contributed by atoms with E-state index in [-0.39, 0.29) is 5.91 Å². The molecule has 0 atom stereocenters. The van der Waals surface area contributed by atoms with Crippen molar-refractivity contribution in [2.24, 2.45) is 0 Å². The molecule has 0 N–H and O–H groups in total. The Kier molecular flexibility index (Phi) is 7.95. The van der Waals surface area contributed by atoms with Gasteiger partial charge in [0.2, 0.25) is 5.91 Å². The van der Waals surface area contributed by atoms with Crippen molar-refractivity contribution in [2.45, 2.75) is 25.7 Å². The average Bonchev–Trinajstić information content (AvgIpc) is 3.16. The van der Waals surface area contributed by atoms with Crippen LogP contribution in [0.2, 0.25) is 5.02 Å². The number of rotatable bonds is 9. The minimum atomic E-state index is 0.0776. The zero-order valence-corrected chi connectivity index (χ0v) is 19.4. The normalized spacial score (nSPS) is 11.3. The minimum Gasteiger partial charge on any atom is -0.302 e. The van der Waals surface area contributed by atoms with Crippen LogP contribution in [0.1, 0.15) is 19.4 Å². The molecule has 2 aromatic carbocycles. The molecule has 0 aliphatic heterocycles. The van der Waals surface area contributed by atoms with Crippen LogP contribution in [0.15, 0.2) is 47.4 Å². The Balaban J connectivity index is 1.79. The molecule has 1 amide bonds. The van der Waals surface area contributed by atoms with Crippen molar-refractivity contribution < 1.29 is 4.79 Å². The molecule has 0 aliphatic carbocycles. The number of fused-ring (bicyclic) bond motifs is 1. The average molecular weight is 448 g/mol. The van der Waals surface area contributed by atoms with Crippen LogP contribution >= 0.6 is 34.7 Å². The Labute approximate surface area is 185 Å². The Hall–Kier alpha value is -1.60. The number of hydrogen-bond acceptors (Lipinski definition) is 5. The van der Waals surface area contributed by atoms with Crippen molar-refractivity contribution in [1.82, 2.24) is 9.88 Å². The Morgan fingerprint density at radius 3 is 2.48 bits per heavy atom. The van der Waals surface area contributed by atoms with Gasteiger partial charge in [-0.15, -0.1) is 11.8 Å². The van der Waals surface area contributed by atoms with Gasteiger partial charge in [0.1, 0.15) is 0 Å². The van der Waals surface area contributed by atoms with Gasteiger partial charge in [0.15, 0.2) is 5.13 Å². The van der Waals surface area contributed by atoms with E-state index < -0.39 is 0 Å². The second kappa shape index (κ2) is 10.4. The highest BCUT2D eigenvalue weighted by Gasteiger charge is 2.21. The summed E-state index contributed by atoms with van der Waals surface area (Å²) in [6.07, 6.45) is 0. The van der Waals surface area contributed by atoms with E-state index in [0.29, 0.717) is 17.3 Å². The van der Waals surface area contributed by atoms with Crippen LogP contribution in [0.4, 0.5) is 5.13 Å². The zero-order valence-electron chi connectivity index (χ0n) is 17.0. The standard InChI is InChI=1S/C22H26ClN3OS2/c1-4-25(5-2)13-14-26(20(27)15-28-18-11-9-17(23)10-12-18)22-24-21-16(3)7-6-8-19(21)29-22/h6-12H,4-5,13-15H2,1-3H3. The molecule has 0 unspecified atom stereocenters. The lowest BCUT2D eigenvalue weighted by Gasteiger charge is -2.24. The van der Waals surface area contributed by atoms with Gasteiger partial charge in [-0.05, 0) is 55.9 Å². The van der Waals surface area contributed by atoms with Gasteiger partial charge in [0.05, 0.1) is 16.0 Å². The van der Waals surface area contributed by atoms with Gasteiger partial charge in [-0.3, -0.25) is 9.69 Å². The second-order valence-electron chi connectivity index (χ2n) is 6.73. The summed E-state index contributed by atoms with van der Waals surface area (Å²) in [4.78, 5) is 23.2. The van der Waals surface area contributed by atoms with Crippen LogP contribution in [0.5, 0.6) is 0 Å². The van der Waals surface area contributed by atoms with Gasteiger partial charge in [-0.1, -0.05) is 48.9 Å². The predicted molar refractivity (Wildman–Crippen MR) is 127 cm³/mol. The molecule has 0 radical (unpaired) electrons. The van der Waals surface area contributed by atoms with Gasteiger partial charge in [-0.2, -0.15) is 0 Å². The largest absolute Gasteiger partial charge is 0.302 e. The molecule has 154 valence electrons. The second-order valence-corrected chi connectivity index (χ2v) is 9.23. The molecule has 0 aliphatic rings. The van der Waals surface area contributed by atoms with E-state index >= 15 is 0 Å². The number of carbonyl (C=O) groups is 1. The van der Waals surface area contributed by atoms with E-state index in [1.165, 1.54) is 11.8 Å². The summed E-state index contributed by atoms with van der Waals surface area (Å²) in [5.74, 6) is 0.447. The van der Waals surface area contributed by atoms with Crippen molar-refractivity contribution in [3.63, 3.8) is 0 Å². The molecule has 7 heteroatoms. The molecule has 0 fully saturated rings. The fourth-order valence-electron chi connectivity index (χ4n) is 3.05. The molecule has 29 heavy (non-hydrogen) atoms. The van der Waals surface area contributed by atoms with E-state index in [1.54, 1.807) is 11.3 Å². The van der Waals surface area contributed by atoms with Crippen molar-refractivity contribution in [2.75, 3.05) is 36.8 Å². The van der Waals surface area contributed by atoms with Gasteiger partial charge >= 0.3 is 0 Å². The molecule has 3 rings (SSSR count). The van der Waals surface area contributed by atoms with Crippen molar-refractivity contribution >= 4 is 56.0 Å². The molecule has 0 saturated carbocycles. The highest BCUT2D eigenvalue weighted by molar-refractivity contribution is 8.00. The SMILES string of the molecule is CCN(CC)CCN(C(=O)CSc1ccc(Cl)cc1)c1nc2c(C)cccc2s1. The first-order valence-electron chi connectivity index (χ1n) is 9.79. The Morgan fingerprint density at radius 2 is 1.83 bits per heavy atom. The number of aryl methyl sites for hydroxylation is 1. The van der Waals surface area contributed by atoms with Crippen LogP contribution < -0.4 is 4.90 Å². The summed E-state index contributed by atoms with van der Waals surface area (Å²) in [5, 5.41) is 1.48. The van der Waals surface area contributed by atoms with E-state index in [0.717, 1.165) is 45.4 Å². The smallest absolute Gasteiger partial charge is 0.239 e. The summed E-state index contributed by atoms with van der Waals surface area (Å²) in [6.45, 7) is 9.76. The van der Waals surface area contributed by atoms with Crippen LogP contribution in [0.3, 0.4) is 0 Å². The molecular formula is C22H26ClN3OS2. The number of hydrogen-bond donors (Lipinski definition) is 0. The molecule has 4 nitrogen and oxygen atoms in total. The lowest BCUT2D eigenvalue weighted by atomic mass is 10.2. The maximum Gasteiger partial charge on any atom is 0.239 e. The maximum atomic E-state index is 13.2. The number of likely N-dealkylation sites (N-methyl/N-ethyl adjacent to an activating group) is 1. The molecular weight excluding hydrogens is 422 g/mol. The quantitative estimate of drug-likeness (QED) is 0.393. The third kappa shape index (κ3) is 5.72. The highest BCUT2D eigenvalue weighted by Crippen LogP contribution is 2.31.